The molecular formula is C17H20O6. The Balaban J connectivity index is 2.23. The van der Waals surface area contributed by atoms with Gasteiger partial charge in [-0.1, -0.05) is 18.2 Å². The van der Waals surface area contributed by atoms with Crippen molar-refractivity contribution in [3.8, 4) is 17.2 Å². The van der Waals surface area contributed by atoms with Gasteiger partial charge in [-0.2, -0.15) is 0 Å². The van der Waals surface area contributed by atoms with Crippen molar-refractivity contribution < 1.29 is 29.9 Å². The lowest BCUT2D eigenvalue weighted by Crippen LogP contribution is -2.29. The van der Waals surface area contributed by atoms with E-state index in [-0.39, 0.29) is 17.9 Å². The van der Waals surface area contributed by atoms with Gasteiger partial charge >= 0.3 is 0 Å². The van der Waals surface area contributed by atoms with E-state index in [2.05, 4.69) is 0 Å². The smallest absolute Gasteiger partial charge is 0.161 e. The van der Waals surface area contributed by atoms with E-state index in [0.29, 0.717) is 17.1 Å². The van der Waals surface area contributed by atoms with E-state index in [9.17, 15) is 20.4 Å². The third-order valence-corrected chi connectivity index (χ3v) is 3.49. The first-order chi connectivity index (χ1) is 11.1. The Labute approximate surface area is 134 Å². The zero-order valence-electron chi connectivity index (χ0n) is 12.7. The van der Waals surface area contributed by atoms with Crippen molar-refractivity contribution in [2.75, 3.05) is 13.7 Å². The van der Waals surface area contributed by atoms with Gasteiger partial charge in [-0.05, 0) is 29.8 Å². The number of ether oxygens (including phenoxy) is 2. The SMILES string of the molecule is COc1ccccc1OC(CO)C(O)c1ccc(O)c(CO)c1. The van der Waals surface area contributed by atoms with Crippen LogP contribution in [0.5, 0.6) is 17.2 Å². The molecule has 0 heterocycles. The fraction of sp³-hybridized carbons (Fsp3) is 0.294. The van der Waals surface area contributed by atoms with Crippen molar-refractivity contribution in [3.05, 3.63) is 53.6 Å². The number of benzene rings is 2. The number of rotatable bonds is 7. The molecule has 0 aromatic heterocycles. The molecule has 2 aromatic rings. The van der Waals surface area contributed by atoms with Crippen LogP contribution in [0.15, 0.2) is 42.5 Å². The van der Waals surface area contributed by atoms with Crippen LogP contribution >= 0.6 is 0 Å². The van der Waals surface area contributed by atoms with Crippen LogP contribution in [0.25, 0.3) is 0 Å². The van der Waals surface area contributed by atoms with Gasteiger partial charge in [0.05, 0.1) is 20.3 Å². The van der Waals surface area contributed by atoms with Crippen LogP contribution in [0, 0.1) is 0 Å². The second-order valence-corrected chi connectivity index (χ2v) is 4.98. The average molecular weight is 320 g/mol. The molecule has 0 saturated heterocycles. The fourth-order valence-corrected chi connectivity index (χ4v) is 2.21. The second-order valence-electron chi connectivity index (χ2n) is 4.98. The van der Waals surface area contributed by atoms with E-state index in [1.807, 2.05) is 0 Å². The van der Waals surface area contributed by atoms with Crippen molar-refractivity contribution in [3.63, 3.8) is 0 Å². The molecule has 0 bridgehead atoms. The summed E-state index contributed by atoms with van der Waals surface area (Å²) >= 11 is 0. The van der Waals surface area contributed by atoms with Crippen LogP contribution in [0.1, 0.15) is 17.2 Å². The topological polar surface area (TPSA) is 99.4 Å². The van der Waals surface area contributed by atoms with Gasteiger partial charge in [0.15, 0.2) is 17.6 Å². The molecule has 23 heavy (non-hydrogen) atoms. The number of aliphatic hydroxyl groups excluding tert-OH is 3. The van der Waals surface area contributed by atoms with E-state index in [1.54, 1.807) is 24.3 Å². The number of hydrogen-bond acceptors (Lipinski definition) is 6. The maximum atomic E-state index is 10.4. The number of aliphatic hydroxyl groups is 3. The predicted molar refractivity (Wildman–Crippen MR) is 83.5 cm³/mol. The van der Waals surface area contributed by atoms with Crippen molar-refractivity contribution >= 4 is 0 Å². The maximum absolute atomic E-state index is 10.4. The van der Waals surface area contributed by atoms with Gasteiger partial charge in [-0.15, -0.1) is 0 Å². The Kier molecular flexibility index (Phi) is 5.81. The van der Waals surface area contributed by atoms with Crippen molar-refractivity contribution in [1.29, 1.82) is 0 Å². The Hall–Kier alpha value is -2.28. The molecule has 2 aromatic carbocycles. The molecule has 4 N–H and O–H groups in total. The lowest BCUT2D eigenvalue weighted by Gasteiger charge is -2.24. The minimum absolute atomic E-state index is 0.0605. The van der Waals surface area contributed by atoms with Crippen LogP contribution < -0.4 is 9.47 Å². The molecule has 0 aliphatic rings. The number of aromatic hydroxyl groups is 1. The highest BCUT2D eigenvalue weighted by molar-refractivity contribution is 5.40. The largest absolute Gasteiger partial charge is 0.508 e. The minimum atomic E-state index is -1.14. The van der Waals surface area contributed by atoms with Gasteiger partial charge in [-0.25, -0.2) is 0 Å². The van der Waals surface area contributed by atoms with E-state index < -0.39 is 18.8 Å². The number of phenols is 1. The normalized spacial score (nSPS) is 13.4. The summed E-state index contributed by atoms with van der Waals surface area (Å²) in [4.78, 5) is 0. The van der Waals surface area contributed by atoms with Crippen LogP contribution in [0.2, 0.25) is 0 Å². The monoisotopic (exact) mass is 320 g/mol. The van der Waals surface area contributed by atoms with E-state index >= 15 is 0 Å². The standard InChI is InChI=1S/C17H20O6/c1-22-14-4-2-3-5-15(14)23-16(10-19)17(21)11-6-7-13(20)12(8-11)9-18/h2-8,16-21H,9-10H2,1H3. The van der Waals surface area contributed by atoms with Crippen LogP contribution in [0.4, 0.5) is 0 Å². The molecule has 0 spiro atoms. The highest BCUT2D eigenvalue weighted by Crippen LogP contribution is 2.31. The summed E-state index contributed by atoms with van der Waals surface area (Å²) in [7, 11) is 1.50. The molecule has 124 valence electrons. The summed E-state index contributed by atoms with van der Waals surface area (Å²) < 4.78 is 10.8. The first-order valence-electron chi connectivity index (χ1n) is 7.12. The Morgan fingerprint density at radius 2 is 1.74 bits per heavy atom. The summed E-state index contributed by atoms with van der Waals surface area (Å²) in [6.45, 7) is -0.780. The molecule has 2 unspecified atom stereocenters. The van der Waals surface area contributed by atoms with Gasteiger partial charge < -0.3 is 29.9 Å². The van der Waals surface area contributed by atoms with Crippen LogP contribution in [0.3, 0.4) is 0 Å². The van der Waals surface area contributed by atoms with E-state index in [0.717, 1.165) is 0 Å². The quantitative estimate of drug-likeness (QED) is 0.615. The molecule has 0 aliphatic carbocycles. The second kappa shape index (κ2) is 7.82. The summed E-state index contributed by atoms with van der Waals surface area (Å²) in [5.41, 5.74) is 0.705. The molecule has 0 fully saturated rings. The third kappa shape index (κ3) is 3.92. The van der Waals surface area contributed by atoms with E-state index in [4.69, 9.17) is 9.47 Å². The lowest BCUT2D eigenvalue weighted by molar-refractivity contribution is -0.000492. The Morgan fingerprint density at radius 3 is 2.35 bits per heavy atom. The zero-order valence-corrected chi connectivity index (χ0v) is 12.7. The summed E-state index contributed by atoms with van der Waals surface area (Å²) in [6.07, 6.45) is -2.07. The molecular weight excluding hydrogens is 300 g/mol. The van der Waals surface area contributed by atoms with Crippen molar-refractivity contribution in [1.82, 2.24) is 0 Å². The fourth-order valence-electron chi connectivity index (χ4n) is 2.21. The third-order valence-electron chi connectivity index (χ3n) is 3.49. The average Bonchev–Trinajstić information content (AvgIpc) is 2.59. The van der Waals surface area contributed by atoms with Gasteiger partial charge in [0, 0.05) is 5.56 Å². The van der Waals surface area contributed by atoms with Crippen molar-refractivity contribution in [2.24, 2.45) is 0 Å². The molecule has 0 radical (unpaired) electrons. The predicted octanol–water partition coefficient (Wildman–Crippen LogP) is 1.37. The molecule has 6 nitrogen and oxygen atoms in total. The first kappa shape index (κ1) is 17.1. The van der Waals surface area contributed by atoms with Crippen molar-refractivity contribution in [2.45, 2.75) is 18.8 Å². The van der Waals surface area contributed by atoms with Gasteiger partial charge in [0.25, 0.3) is 0 Å². The highest BCUT2D eigenvalue weighted by atomic mass is 16.5. The molecule has 0 amide bonds. The number of para-hydroxylation sites is 2. The number of methoxy groups -OCH3 is 1. The van der Waals surface area contributed by atoms with E-state index in [1.165, 1.54) is 25.3 Å². The lowest BCUT2D eigenvalue weighted by atomic mass is 10.0. The minimum Gasteiger partial charge on any atom is -0.508 e. The maximum Gasteiger partial charge on any atom is 0.161 e. The molecule has 2 atom stereocenters. The Bertz CT molecular complexity index is 643. The van der Waals surface area contributed by atoms with Gasteiger partial charge in [-0.3, -0.25) is 0 Å². The highest BCUT2D eigenvalue weighted by Gasteiger charge is 2.24. The summed E-state index contributed by atoms with van der Waals surface area (Å²) in [5, 5.41) is 38.7. The van der Waals surface area contributed by atoms with Gasteiger partial charge in [0.2, 0.25) is 0 Å². The Morgan fingerprint density at radius 1 is 1.04 bits per heavy atom. The molecule has 0 aliphatic heterocycles. The molecule has 0 saturated carbocycles. The summed E-state index contributed by atoms with van der Waals surface area (Å²) in [5.74, 6) is 0.823. The summed E-state index contributed by atoms with van der Waals surface area (Å²) in [6, 6.07) is 11.3. The first-order valence-corrected chi connectivity index (χ1v) is 7.12. The molecule has 6 heteroatoms. The van der Waals surface area contributed by atoms with Crippen LogP contribution in [-0.2, 0) is 6.61 Å². The van der Waals surface area contributed by atoms with Crippen LogP contribution in [-0.4, -0.2) is 40.2 Å². The molecule has 2 rings (SSSR count). The number of hydrogen-bond donors (Lipinski definition) is 4. The van der Waals surface area contributed by atoms with Gasteiger partial charge in [0.1, 0.15) is 11.9 Å². The zero-order chi connectivity index (χ0) is 16.8.